The van der Waals surface area contributed by atoms with Gasteiger partial charge in [-0.3, -0.25) is 4.79 Å². The Balaban J connectivity index is 1.26. The van der Waals surface area contributed by atoms with Crippen LogP contribution in [0.15, 0.2) is 85.6 Å². The molecule has 2 aromatic carbocycles. The molecule has 0 fully saturated rings. The second-order valence-corrected chi connectivity index (χ2v) is 14.1. The van der Waals surface area contributed by atoms with Crippen LogP contribution >= 0.6 is 34.4 Å². The number of aliphatic imine (C=N–C) groups is 1. The highest BCUT2D eigenvalue weighted by Gasteiger charge is 2.33. The number of furan rings is 1. The van der Waals surface area contributed by atoms with Gasteiger partial charge in [-0.05, 0) is 84.3 Å². The quantitative estimate of drug-likeness (QED) is 0.206. The Kier molecular flexibility index (Phi) is 7.18. The number of hydrogen-bond donors (Lipinski definition) is 1. The van der Waals surface area contributed by atoms with Crippen LogP contribution in [-0.4, -0.2) is 17.1 Å². The molecule has 1 amide bonds. The van der Waals surface area contributed by atoms with Gasteiger partial charge in [0, 0.05) is 10.6 Å². The first-order chi connectivity index (χ1) is 18.8. The maximum atomic E-state index is 13.5. The van der Waals surface area contributed by atoms with E-state index in [0.717, 1.165) is 55.2 Å². The Labute approximate surface area is 240 Å². The Hall–Kier alpha value is -3.20. The highest BCUT2D eigenvalue weighted by molar-refractivity contribution is 8.01. The van der Waals surface area contributed by atoms with Gasteiger partial charge >= 0.3 is 0 Å². The predicted molar refractivity (Wildman–Crippen MR) is 163 cm³/mol. The molecule has 8 heteroatoms. The number of thiazole rings is 1. The van der Waals surface area contributed by atoms with Crippen LogP contribution in [-0.2, 0) is 12.8 Å². The lowest BCUT2D eigenvalue weighted by Gasteiger charge is -2.33. The first kappa shape index (κ1) is 26.0. The molecular weight excluding hydrogens is 543 g/mol. The first-order valence-electron chi connectivity index (χ1n) is 13.0. The third-order valence-corrected chi connectivity index (χ3v) is 10.3. The first-order valence-corrected chi connectivity index (χ1v) is 15.5. The van der Waals surface area contributed by atoms with Gasteiger partial charge in [0.15, 0.2) is 9.43 Å². The highest BCUT2D eigenvalue weighted by atomic mass is 32.2. The Bertz CT molecular complexity index is 1620. The minimum absolute atomic E-state index is 0.105. The summed E-state index contributed by atoms with van der Waals surface area (Å²) in [5.41, 5.74) is 3.84. The number of fused-ring (bicyclic) bond motifs is 2. The van der Waals surface area contributed by atoms with E-state index in [0.29, 0.717) is 17.2 Å². The van der Waals surface area contributed by atoms with Gasteiger partial charge in [-0.15, -0.1) is 22.7 Å². The standard InChI is InChI=1S/C31H29N3O2S3/c1-31(2,3)19-13-15-22-25(17-19)37-29(27(22)28(35)33-20-9-5-4-6-10-20)32-18-21-14-16-26(36-21)39-30-34-23-11-7-8-12-24(23)38-30/h4-12,14,16,18-19H,13,15,17H2,1-3H3,(H,33,35)/t19-/m0/s1. The molecule has 1 N–H and O–H groups in total. The summed E-state index contributed by atoms with van der Waals surface area (Å²) >= 11 is 4.79. The average Bonchev–Trinajstić information content (AvgIpc) is 3.63. The summed E-state index contributed by atoms with van der Waals surface area (Å²) in [6.45, 7) is 6.91. The van der Waals surface area contributed by atoms with E-state index in [9.17, 15) is 4.79 Å². The van der Waals surface area contributed by atoms with Crippen molar-refractivity contribution >= 4 is 67.5 Å². The average molecular weight is 572 g/mol. The molecule has 0 unspecified atom stereocenters. The van der Waals surface area contributed by atoms with Crippen molar-refractivity contribution in [2.75, 3.05) is 5.32 Å². The number of para-hydroxylation sites is 2. The number of aromatic nitrogens is 1. The smallest absolute Gasteiger partial charge is 0.259 e. The summed E-state index contributed by atoms with van der Waals surface area (Å²) in [5.74, 6) is 1.12. The summed E-state index contributed by atoms with van der Waals surface area (Å²) in [5, 5.41) is 4.57. The highest BCUT2D eigenvalue weighted by Crippen LogP contribution is 2.45. The maximum Gasteiger partial charge on any atom is 0.259 e. The van der Waals surface area contributed by atoms with E-state index < -0.39 is 0 Å². The number of carbonyl (C=O) groups is 1. The topological polar surface area (TPSA) is 67.5 Å². The zero-order valence-corrected chi connectivity index (χ0v) is 24.5. The van der Waals surface area contributed by atoms with Crippen LogP contribution in [0.25, 0.3) is 10.2 Å². The zero-order chi connectivity index (χ0) is 27.0. The van der Waals surface area contributed by atoms with Gasteiger partial charge in [-0.2, -0.15) is 0 Å². The van der Waals surface area contributed by atoms with Gasteiger partial charge in [0.1, 0.15) is 10.8 Å². The molecule has 1 aliphatic rings. The van der Waals surface area contributed by atoms with Crippen LogP contribution in [0.2, 0.25) is 0 Å². The van der Waals surface area contributed by atoms with Crippen molar-refractivity contribution in [2.24, 2.45) is 16.3 Å². The third-order valence-electron chi connectivity index (χ3n) is 7.10. The van der Waals surface area contributed by atoms with Crippen molar-refractivity contribution in [2.45, 2.75) is 49.5 Å². The van der Waals surface area contributed by atoms with Crippen LogP contribution in [0.5, 0.6) is 0 Å². The van der Waals surface area contributed by atoms with Crippen LogP contribution < -0.4 is 5.32 Å². The van der Waals surface area contributed by atoms with Crippen LogP contribution in [0.3, 0.4) is 0 Å². The molecule has 6 rings (SSSR count). The molecule has 198 valence electrons. The molecule has 5 nitrogen and oxygen atoms in total. The van der Waals surface area contributed by atoms with Gasteiger partial charge in [0.25, 0.3) is 5.91 Å². The van der Waals surface area contributed by atoms with Crippen molar-refractivity contribution < 1.29 is 9.21 Å². The van der Waals surface area contributed by atoms with Crippen molar-refractivity contribution in [1.29, 1.82) is 0 Å². The number of amides is 1. The lowest BCUT2D eigenvalue weighted by atomic mass is 9.72. The molecule has 0 spiro atoms. The number of anilines is 1. The lowest BCUT2D eigenvalue weighted by Crippen LogP contribution is -2.27. The number of nitrogens with one attached hydrogen (secondary N) is 1. The summed E-state index contributed by atoms with van der Waals surface area (Å²) in [6, 6.07) is 21.6. The monoisotopic (exact) mass is 571 g/mol. The molecule has 0 saturated heterocycles. The number of benzene rings is 2. The van der Waals surface area contributed by atoms with E-state index in [4.69, 9.17) is 9.41 Å². The van der Waals surface area contributed by atoms with Crippen LogP contribution in [0.1, 0.15) is 53.8 Å². The third kappa shape index (κ3) is 5.73. The summed E-state index contributed by atoms with van der Waals surface area (Å²) in [6.07, 6.45) is 4.67. The molecule has 3 aromatic heterocycles. The van der Waals surface area contributed by atoms with E-state index in [-0.39, 0.29) is 11.3 Å². The molecule has 0 radical (unpaired) electrons. The number of rotatable bonds is 6. The maximum absolute atomic E-state index is 13.5. The van der Waals surface area contributed by atoms with Crippen LogP contribution in [0.4, 0.5) is 10.7 Å². The summed E-state index contributed by atoms with van der Waals surface area (Å²) < 4.78 is 8.15. The van der Waals surface area contributed by atoms with E-state index >= 15 is 0 Å². The molecule has 1 atom stereocenters. The van der Waals surface area contributed by atoms with E-state index in [1.54, 1.807) is 28.9 Å². The number of hydrogen-bond acceptors (Lipinski definition) is 7. The van der Waals surface area contributed by atoms with E-state index in [1.165, 1.54) is 16.6 Å². The Morgan fingerprint density at radius 1 is 1.08 bits per heavy atom. The fourth-order valence-electron chi connectivity index (χ4n) is 4.91. The van der Waals surface area contributed by atoms with Crippen molar-refractivity contribution in [3.05, 3.63) is 88.5 Å². The fourth-order valence-corrected chi connectivity index (χ4v) is 8.15. The number of nitrogens with zero attached hydrogens (tertiary/aromatic N) is 2. The largest absolute Gasteiger partial charge is 0.448 e. The Morgan fingerprint density at radius 3 is 2.67 bits per heavy atom. The number of carbonyl (C=O) groups excluding carboxylic acids is 1. The minimum atomic E-state index is -0.105. The van der Waals surface area contributed by atoms with Crippen molar-refractivity contribution in [1.82, 2.24) is 4.98 Å². The fraction of sp³-hybridized carbons (Fsp3) is 0.258. The molecular formula is C31H29N3O2S3. The zero-order valence-electron chi connectivity index (χ0n) is 22.1. The molecule has 5 aromatic rings. The SMILES string of the molecule is CC(C)(C)[C@H]1CCc2c(sc(N=Cc3ccc(Sc4nc5ccccc5s4)o3)c2C(=O)Nc2ccccc2)C1. The Morgan fingerprint density at radius 2 is 1.87 bits per heavy atom. The second-order valence-electron chi connectivity index (χ2n) is 10.8. The molecule has 0 aliphatic heterocycles. The summed E-state index contributed by atoms with van der Waals surface area (Å²) in [7, 11) is 0. The predicted octanol–water partition coefficient (Wildman–Crippen LogP) is 9.26. The van der Waals surface area contributed by atoms with E-state index in [2.05, 4.69) is 37.1 Å². The molecule has 0 bridgehead atoms. The van der Waals surface area contributed by atoms with Crippen molar-refractivity contribution in [3.63, 3.8) is 0 Å². The lowest BCUT2D eigenvalue weighted by molar-refractivity contribution is 0.102. The van der Waals surface area contributed by atoms with Crippen LogP contribution in [0, 0.1) is 11.3 Å². The number of thiophene rings is 1. The molecule has 1 aliphatic carbocycles. The van der Waals surface area contributed by atoms with Gasteiger partial charge in [0.05, 0.1) is 22.0 Å². The van der Waals surface area contributed by atoms with Gasteiger partial charge < -0.3 is 9.73 Å². The molecule has 0 saturated carbocycles. The minimum Gasteiger partial charge on any atom is -0.448 e. The summed E-state index contributed by atoms with van der Waals surface area (Å²) in [4.78, 5) is 24.3. The van der Waals surface area contributed by atoms with Gasteiger partial charge in [-0.1, -0.05) is 51.1 Å². The van der Waals surface area contributed by atoms with E-state index in [1.807, 2.05) is 60.7 Å². The van der Waals surface area contributed by atoms with Gasteiger partial charge in [0.2, 0.25) is 0 Å². The normalized spacial score (nSPS) is 15.6. The van der Waals surface area contributed by atoms with Gasteiger partial charge in [-0.25, -0.2) is 9.98 Å². The molecule has 39 heavy (non-hydrogen) atoms. The molecule has 3 heterocycles. The van der Waals surface area contributed by atoms with Crippen molar-refractivity contribution in [3.8, 4) is 0 Å². The second kappa shape index (κ2) is 10.8.